The summed E-state index contributed by atoms with van der Waals surface area (Å²) in [6, 6.07) is 2.24. The molecule has 1 fully saturated rings. The van der Waals surface area contributed by atoms with Gasteiger partial charge in [0.15, 0.2) is 5.82 Å². The van der Waals surface area contributed by atoms with E-state index >= 15 is 0 Å². The van der Waals surface area contributed by atoms with Crippen molar-refractivity contribution in [1.29, 1.82) is 10.7 Å². The van der Waals surface area contributed by atoms with Crippen LogP contribution in [-0.4, -0.2) is 43.3 Å². The molecule has 1 aliphatic heterocycles. The fourth-order valence-electron chi connectivity index (χ4n) is 2.68. The van der Waals surface area contributed by atoms with Crippen molar-refractivity contribution in [2.24, 2.45) is 16.5 Å². The predicted octanol–water partition coefficient (Wildman–Crippen LogP) is 1.83. The number of hydrogen-bond acceptors (Lipinski definition) is 7. The Labute approximate surface area is 157 Å². The van der Waals surface area contributed by atoms with E-state index in [2.05, 4.69) is 16.0 Å². The van der Waals surface area contributed by atoms with Gasteiger partial charge >= 0.3 is 0 Å². The number of nitriles is 1. The quantitative estimate of drug-likeness (QED) is 0.530. The molecule has 2 heterocycles. The third-order valence-electron chi connectivity index (χ3n) is 4.00. The molecule has 26 heavy (non-hydrogen) atoms. The molecule has 9 heteroatoms. The Morgan fingerprint density at radius 3 is 2.65 bits per heavy atom. The first-order valence-corrected chi connectivity index (χ1v) is 8.44. The maximum Gasteiger partial charge on any atom is 0.165 e. The van der Waals surface area contributed by atoms with Crippen molar-refractivity contribution in [3.63, 3.8) is 0 Å². The Kier molecular flexibility index (Phi) is 6.18. The minimum atomic E-state index is -0.948. The van der Waals surface area contributed by atoms with Gasteiger partial charge in [-0.15, -0.1) is 0 Å². The van der Waals surface area contributed by atoms with E-state index in [0.29, 0.717) is 48.3 Å². The third kappa shape index (κ3) is 3.95. The van der Waals surface area contributed by atoms with Crippen molar-refractivity contribution in [2.45, 2.75) is 19.3 Å². The molecule has 5 N–H and O–H groups in total. The number of pyridine rings is 1. The molecule has 0 unspecified atom stereocenters. The number of amidine groups is 1. The molecule has 0 spiro atoms. The van der Waals surface area contributed by atoms with E-state index in [1.165, 1.54) is 12.3 Å². The summed E-state index contributed by atoms with van der Waals surface area (Å²) in [5, 5.41) is 17.8. The molecule has 0 aliphatic carbocycles. The molecule has 0 atom stereocenters. The zero-order chi connectivity index (χ0) is 19.3. The molecule has 0 radical (unpaired) electrons. The number of halogens is 1. The largest absolute Gasteiger partial charge is 0.404 e. The highest BCUT2D eigenvalue weighted by atomic mass is 35.5. The summed E-state index contributed by atoms with van der Waals surface area (Å²) in [6.07, 6.45) is 3.78. The zero-order valence-corrected chi connectivity index (χ0v) is 15.5. The van der Waals surface area contributed by atoms with E-state index < -0.39 is 5.41 Å². The first-order valence-electron chi connectivity index (χ1n) is 8.06. The van der Waals surface area contributed by atoms with Crippen LogP contribution >= 0.6 is 11.6 Å². The maximum atomic E-state index is 9.62. The van der Waals surface area contributed by atoms with Gasteiger partial charge in [-0.05, 0) is 26.1 Å². The number of nitrogens with zero attached hydrogens (tertiary/aromatic N) is 4. The number of hydrogen-bond donors (Lipinski definition) is 3. The highest BCUT2D eigenvalue weighted by molar-refractivity contribution is 6.34. The van der Waals surface area contributed by atoms with Gasteiger partial charge < -0.3 is 26.5 Å². The molecular weight excluding hydrogens is 354 g/mol. The van der Waals surface area contributed by atoms with Crippen LogP contribution in [0.5, 0.6) is 0 Å². The Hall–Kier alpha value is -2.63. The van der Waals surface area contributed by atoms with E-state index in [0.717, 1.165) is 6.21 Å². The first kappa shape index (κ1) is 19.7. The topological polar surface area (TPSA) is 137 Å². The normalized spacial score (nSPS) is 15.9. The minimum absolute atomic E-state index is 0.138. The summed E-state index contributed by atoms with van der Waals surface area (Å²) < 4.78 is 5.38. The lowest BCUT2D eigenvalue weighted by molar-refractivity contribution is 0.122. The second-order valence-electron chi connectivity index (χ2n) is 6.24. The molecule has 8 nitrogen and oxygen atoms in total. The molecule has 138 valence electrons. The number of aromatic nitrogens is 1. The van der Waals surface area contributed by atoms with Crippen LogP contribution in [0.15, 0.2) is 17.3 Å². The van der Waals surface area contributed by atoms with Crippen LogP contribution in [0.1, 0.15) is 25.0 Å². The van der Waals surface area contributed by atoms with Gasteiger partial charge in [-0.2, -0.15) is 5.26 Å². The van der Waals surface area contributed by atoms with Gasteiger partial charge in [-0.25, -0.2) is 9.98 Å². The van der Waals surface area contributed by atoms with Crippen LogP contribution in [0.3, 0.4) is 0 Å². The van der Waals surface area contributed by atoms with Crippen LogP contribution in [0.4, 0.5) is 11.6 Å². The fourth-order valence-corrected chi connectivity index (χ4v) is 3.18. The number of anilines is 1. The summed E-state index contributed by atoms with van der Waals surface area (Å²) in [4.78, 5) is 10.8. The Balaban J connectivity index is 2.78. The monoisotopic (exact) mass is 375 g/mol. The van der Waals surface area contributed by atoms with Gasteiger partial charge in [0, 0.05) is 30.4 Å². The molecule has 0 amide bonds. The molecular formula is C17H22ClN7O. The first-order chi connectivity index (χ1) is 12.4. The third-order valence-corrected chi connectivity index (χ3v) is 4.36. The molecule has 2 rings (SSSR count). The zero-order valence-electron chi connectivity index (χ0n) is 14.8. The van der Waals surface area contributed by atoms with Crippen LogP contribution < -0.4 is 16.4 Å². The number of morpholine rings is 1. The summed E-state index contributed by atoms with van der Waals surface area (Å²) in [6.45, 7) is 5.81. The molecule has 1 aliphatic rings. The lowest BCUT2D eigenvalue weighted by Gasteiger charge is -2.31. The number of rotatable bonds is 5. The SMILES string of the molecule is CC(C)(C#N)c1c(Cl)c(N2CCOCC2)nc(N=C(N)/C=C\N)c1C=N. The average Bonchev–Trinajstić information content (AvgIpc) is 2.63. The lowest BCUT2D eigenvalue weighted by atomic mass is 9.83. The van der Waals surface area contributed by atoms with E-state index in [-0.39, 0.29) is 11.7 Å². The van der Waals surface area contributed by atoms with Gasteiger partial charge in [0.1, 0.15) is 11.7 Å². The fraction of sp³-hybridized carbons (Fsp3) is 0.412. The molecule has 1 saturated heterocycles. The van der Waals surface area contributed by atoms with Crippen molar-refractivity contribution in [2.75, 3.05) is 31.2 Å². The number of nitrogens with two attached hydrogens (primary N) is 2. The minimum Gasteiger partial charge on any atom is -0.404 e. The smallest absolute Gasteiger partial charge is 0.165 e. The van der Waals surface area contributed by atoms with E-state index in [4.69, 9.17) is 33.2 Å². The molecule has 0 aromatic carbocycles. The molecule has 1 aromatic rings. The summed E-state index contributed by atoms with van der Waals surface area (Å²) >= 11 is 6.65. The van der Waals surface area contributed by atoms with Gasteiger partial charge in [-0.1, -0.05) is 11.6 Å². The van der Waals surface area contributed by atoms with Crippen LogP contribution in [0, 0.1) is 16.7 Å². The number of nitrogens with one attached hydrogen (secondary N) is 1. The number of aliphatic imine (C=N–C) groups is 1. The average molecular weight is 376 g/mol. The molecule has 0 bridgehead atoms. The summed E-state index contributed by atoms with van der Waals surface area (Å²) in [7, 11) is 0. The van der Waals surface area contributed by atoms with E-state index in [9.17, 15) is 5.26 Å². The second kappa shape index (κ2) is 8.17. The lowest BCUT2D eigenvalue weighted by Crippen LogP contribution is -2.37. The standard InChI is InChI=1S/C17H22ClN7O/c1-17(2,10-21)13-11(9-20)15(23-12(22)3-4-19)24-16(14(13)18)25-5-7-26-8-6-25/h3-4,9,20H,5-8,19H2,1-2H3,(H2,22,23,24)/b4-3-,20-9?. The number of ether oxygens (including phenoxy) is 1. The van der Waals surface area contributed by atoms with Crippen molar-refractivity contribution >= 4 is 35.3 Å². The Morgan fingerprint density at radius 2 is 2.12 bits per heavy atom. The van der Waals surface area contributed by atoms with Crippen LogP contribution in [-0.2, 0) is 10.2 Å². The van der Waals surface area contributed by atoms with Crippen molar-refractivity contribution < 1.29 is 4.74 Å². The maximum absolute atomic E-state index is 9.62. The summed E-state index contributed by atoms with van der Waals surface area (Å²) in [5.41, 5.74) is 11.1. The predicted molar refractivity (Wildman–Crippen MR) is 103 cm³/mol. The van der Waals surface area contributed by atoms with E-state index in [1.54, 1.807) is 13.8 Å². The van der Waals surface area contributed by atoms with Gasteiger partial charge in [0.25, 0.3) is 0 Å². The van der Waals surface area contributed by atoms with Gasteiger partial charge in [-0.3, -0.25) is 0 Å². The Morgan fingerprint density at radius 1 is 1.46 bits per heavy atom. The highest BCUT2D eigenvalue weighted by Gasteiger charge is 2.32. The van der Waals surface area contributed by atoms with Crippen molar-refractivity contribution in [1.82, 2.24) is 4.98 Å². The van der Waals surface area contributed by atoms with Crippen LogP contribution in [0.25, 0.3) is 0 Å². The molecule has 0 saturated carbocycles. The van der Waals surface area contributed by atoms with E-state index in [1.807, 2.05) is 4.90 Å². The Bertz CT molecular complexity index is 789. The van der Waals surface area contributed by atoms with Crippen molar-refractivity contribution in [3.8, 4) is 6.07 Å². The second-order valence-corrected chi connectivity index (χ2v) is 6.62. The van der Waals surface area contributed by atoms with Crippen molar-refractivity contribution in [3.05, 3.63) is 28.4 Å². The molecule has 1 aromatic heterocycles. The summed E-state index contributed by atoms with van der Waals surface area (Å²) in [5.74, 6) is 0.862. The van der Waals surface area contributed by atoms with Gasteiger partial charge in [0.2, 0.25) is 0 Å². The van der Waals surface area contributed by atoms with Crippen LogP contribution in [0.2, 0.25) is 5.02 Å². The highest BCUT2D eigenvalue weighted by Crippen LogP contribution is 2.41. The van der Waals surface area contributed by atoms with Gasteiger partial charge in [0.05, 0.1) is 29.7 Å².